The molecule has 1 unspecified atom stereocenters. The van der Waals surface area contributed by atoms with Gasteiger partial charge in [-0.3, -0.25) is 0 Å². The van der Waals surface area contributed by atoms with Gasteiger partial charge >= 0.3 is 0 Å². The van der Waals surface area contributed by atoms with Crippen LogP contribution in [0.15, 0.2) is 0 Å². The number of nitrogens with zero attached hydrogens (tertiary/aromatic N) is 1. The smallest absolute Gasteiger partial charge is 0.0166 e. The van der Waals surface area contributed by atoms with E-state index in [0.717, 1.165) is 36.1 Å². The summed E-state index contributed by atoms with van der Waals surface area (Å²) in [5, 5.41) is 3.83. The molecule has 0 saturated heterocycles. The maximum Gasteiger partial charge on any atom is 0.0166 e. The molecule has 0 spiro atoms. The average Bonchev–Trinajstić information content (AvgIpc) is 2.36. The van der Waals surface area contributed by atoms with Crippen LogP contribution >= 0.6 is 0 Å². The largest absolute Gasteiger partial charge is 0.313 e. The van der Waals surface area contributed by atoms with Crippen LogP contribution < -0.4 is 5.32 Å². The number of likely N-dealkylation sites (N-methyl/N-ethyl adjacent to an activating group) is 1. The zero-order valence-corrected chi connectivity index (χ0v) is 13.1. The normalized spacial score (nSPS) is 42.0. The lowest BCUT2D eigenvalue weighted by molar-refractivity contribution is -0.0363. The molecule has 0 aromatic carbocycles. The number of hydrogen-bond donors (Lipinski definition) is 1. The van der Waals surface area contributed by atoms with Crippen LogP contribution in [0.1, 0.15) is 46.0 Å². The molecule has 2 nitrogen and oxygen atoms in total. The van der Waals surface area contributed by atoms with Gasteiger partial charge in [0.05, 0.1) is 0 Å². The van der Waals surface area contributed by atoms with Crippen LogP contribution in [0.3, 0.4) is 0 Å². The average molecular weight is 264 g/mol. The molecule has 110 valence electrons. The Balaban J connectivity index is 1.48. The summed E-state index contributed by atoms with van der Waals surface area (Å²) in [5.41, 5.74) is 0. The minimum Gasteiger partial charge on any atom is -0.313 e. The van der Waals surface area contributed by atoms with Gasteiger partial charge in [-0.25, -0.2) is 0 Å². The molecule has 0 aromatic heterocycles. The predicted molar refractivity (Wildman–Crippen MR) is 81.2 cm³/mol. The van der Waals surface area contributed by atoms with Crippen LogP contribution in [-0.2, 0) is 0 Å². The van der Waals surface area contributed by atoms with Crippen molar-refractivity contribution in [2.24, 2.45) is 29.6 Å². The van der Waals surface area contributed by atoms with Gasteiger partial charge in [0.1, 0.15) is 0 Å². The molecular formula is C17H32N2. The van der Waals surface area contributed by atoms with E-state index >= 15 is 0 Å². The standard InChI is InChI=1S/C17H32N2/c1-4-19(3)11-12(2)18-10-17-15-6-13-5-14(8-15)9-16(17)7-13/h12-18H,4-11H2,1-3H3. The lowest BCUT2D eigenvalue weighted by atomic mass is 9.52. The van der Waals surface area contributed by atoms with E-state index in [1.807, 2.05) is 0 Å². The number of nitrogens with one attached hydrogen (secondary N) is 1. The van der Waals surface area contributed by atoms with E-state index in [0.29, 0.717) is 6.04 Å². The molecule has 4 aliphatic carbocycles. The van der Waals surface area contributed by atoms with E-state index in [-0.39, 0.29) is 0 Å². The van der Waals surface area contributed by atoms with E-state index in [9.17, 15) is 0 Å². The molecule has 0 radical (unpaired) electrons. The minimum atomic E-state index is 0.641. The quantitative estimate of drug-likeness (QED) is 0.793. The lowest BCUT2D eigenvalue weighted by Crippen LogP contribution is -2.50. The third-order valence-corrected chi connectivity index (χ3v) is 6.25. The molecule has 0 aromatic rings. The first-order chi connectivity index (χ1) is 9.15. The van der Waals surface area contributed by atoms with E-state index in [2.05, 4.69) is 31.1 Å². The number of rotatable bonds is 6. The van der Waals surface area contributed by atoms with Crippen LogP contribution in [-0.4, -0.2) is 37.6 Å². The first kappa shape index (κ1) is 13.9. The Morgan fingerprint density at radius 2 is 1.63 bits per heavy atom. The van der Waals surface area contributed by atoms with Gasteiger partial charge in [0.2, 0.25) is 0 Å². The van der Waals surface area contributed by atoms with Crippen molar-refractivity contribution in [2.75, 3.05) is 26.7 Å². The molecule has 4 rings (SSSR count). The Labute approximate surface area is 119 Å². The van der Waals surface area contributed by atoms with Gasteiger partial charge in [0, 0.05) is 12.6 Å². The summed E-state index contributed by atoms with van der Waals surface area (Å²) in [6.07, 6.45) is 7.81. The maximum absolute atomic E-state index is 3.83. The molecule has 2 heteroatoms. The molecule has 0 amide bonds. The summed E-state index contributed by atoms with van der Waals surface area (Å²) >= 11 is 0. The third-order valence-electron chi connectivity index (χ3n) is 6.25. The van der Waals surface area contributed by atoms with Gasteiger partial charge < -0.3 is 10.2 Å². The highest BCUT2D eigenvalue weighted by Gasteiger charge is 2.47. The van der Waals surface area contributed by atoms with Crippen molar-refractivity contribution in [1.29, 1.82) is 0 Å². The topological polar surface area (TPSA) is 15.3 Å². The van der Waals surface area contributed by atoms with Crippen molar-refractivity contribution in [2.45, 2.75) is 52.0 Å². The second kappa shape index (κ2) is 5.73. The Bertz CT molecular complexity index is 274. The molecule has 19 heavy (non-hydrogen) atoms. The van der Waals surface area contributed by atoms with Crippen LogP contribution in [0.5, 0.6) is 0 Å². The Morgan fingerprint density at radius 1 is 1.05 bits per heavy atom. The molecule has 0 heterocycles. The summed E-state index contributed by atoms with van der Waals surface area (Å²) in [5.74, 6) is 5.37. The van der Waals surface area contributed by atoms with Crippen molar-refractivity contribution < 1.29 is 0 Å². The van der Waals surface area contributed by atoms with Crippen molar-refractivity contribution >= 4 is 0 Å². The zero-order valence-electron chi connectivity index (χ0n) is 13.1. The van der Waals surface area contributed by atoms with Gasteiger partial charge in [-0.15, -0.1) is 0 Å². The molecular weight excluding hydrogens is 232 g/mol. The molecule has 0 aliphatic heterocycles. The lowest BCUT2D eigenvalue weighted by Gasteiger charge is -2.54. The van der Waals surface area contributed by atoms with Crippen molar-refractivity contribution in [3.05, 3.63) is 0 Å². The number of hydrogen-bond acceptors (Lipinski definition) is 2. The zero-order chi connectivity index (χ0) is 13.4. The van der Waals surface area contributed by atoms with Gasteiger partial charge in [-0.2, -0.15) is 0 Å². The summed E-state index contributed by atoms with van der Waals surface area (Å²) in [7, 11) is 2.22. The Hall–Kier alpha value is -0.0800. The van der Waals surface area contributed by atoms with Crippen LogP contribution in [0.2, 0.25) is 0 Å². The summed E-state index contributed by atoms with van der Waals surface area (Å²) in [6.45, 7) is 8.22. The van der Waals surface area contributed by atoms with Gasteiger partial charge in [0.25, 0.3) is 0 Å². The molecule has 1 atom stereocenters. The minimum absolute atomic E-state index is 0.641. The summed E-state index contributed by atoms with van der Waals surface area (Å²) in [4.78, 5) is 2.41. The second-order valence-corrected chi connectivity index (χ2v) is 7.76. The molecule has 1 N–H and O–H groups in total. The molecule has 4 fully saturated rings. The van der Waals surface area contributed by atoms with Crippen molar-refractivity contribution in [3.63, 3.8) is 0 Å². The maximum atomic E-state index is 3.83. The first-order valence-electron chi connectivity index (χ1n) is 8.57. The van der Waals surface area contributed by atoms with Crippen molar-refractivity contribution in [3.8, 4) is 0 Å². The predicted octanol–water partition coefficient (Wildman–Crippen LogP) is 2.99. The van der Waals surface area contributed by atoms with Gasteiger partial charge in [-0.05, 0) is 88.8 Å². The van der Waals surface area contributed by atoms with Crippen LogP contribution in [0.25, 0.3) is 0 Å². The van der Waals surface area contributed by atoms with Crippen LogP contribution in [0, 0.1) is 29.6 Å². The van der Waals surface area contributed by atoms with Gasteiger partial charge in [0.15, 0.2) is 0 Å². The van der Waals surface area contributed by atoms with E-state index in [4.69, 9.17) is 0 Å². The SMILES string of the molecule is CCN(C)CC(C)NCC1C2CC3CC(C2)CC1C3. The highest BCUT2D eigenvalue weighted by Crippen LogP contribution is 2.56. The van der Waals surface area contributed by atoms with E-state index in [1.54, 1.807) is 32.1 Å². The highest BCUT2D eigenvalue weighted by molar-refractivity contribution is 4.98. The highest BCUT2D eigenvalue weighted by atomic mass is 15.1. The molecule has 4 saturated carbocycles. The second-order valence-electron chi connectivity index (χ2n) is 7.76. The summed E-state index contributed by atoms with van der Waals surface area (Å²) in [6, 6.07) is 0.641. The Morgan fingerprint density at radius 3 is 2.16 bits per heavy atom. The fourth-order valence-electron chi connectivity index (χ4n) is 5.37. The van der Waals surface area contributed by atoms with Gasteiger partial charge in [-0.1, -0.05) is 6.92 Å². The fraction of sp³-hybridized carbons (Fsp3) is 1.00. The Kier molecular flexibility index (Phi) is 4.19. The van der Waals surface area contributed by atoms with E-state index in [1.165, 1.54) is 13.1 Å². The summed E-state index contributed by atoms with van der Waals surface area (Å²) < 4.78 is 0. The van der Waals surface area contributed by atoms with Crippen molar-refractivity contribution in [1.82, 2.24) is 10.2 Å². The molecule has 4 aliphatic rings. The van der Waals surface area contributed by atoms with Crippen LogP contribution in [0.4, 0.5) is 0 Å². The third kappa shape index (κ3) is 3.00. The first-order valence-corrected chi connectivity index (χ1v) is 8.57. The molecule has 4 bridgehead atoms. The fourth-order valence-corrected chi connectivity index (χ4v) is 5.37. The monoisotopic (exact) mass is 264 g/mol. The van der Waals surface area contributed by atoms with E-state index < -0.39 is 0 Å².